The maximum atomic E-state index is 12.7. The van der Waals surface area contributed by atoms with Gasteiger partial charge in [0.25, 0.3) is 11.8 Å². The quantitative estimate of drug-likeness (QED) is 0.512. The van der Waals surface area contributed by atoms with E-state index >= 15 is 0 Å². The van der Waals surface area contributed by atoms with Crippen LogP contribution >= 0.6 is 0 Å². The Balaban J connectivity index is 1.51. The predicted molar refractivity (Wildman–Crippen MR) is 107 cm³/mol. The van der Waals surface area contributed by atoms with Gasteiger partial charge in [-0.3, -0.25) is 14.5 Å². The summed E-state index contributed by atoms with van der Waals surface area (Å²) < 4.78 is 2.08. The Hall–Kier alpha value is -3.73. The zero-order chi connectivity index (χ0) is 19.1. The van der Waals surface area contributed by atoms with Gasteiger partial charge in [0.2, 0.25) is 0 Å². The van der Waals surface area contributed by atoms with Crippen LogP contribution in [0.15, 0.2) is 78.9 Å². The van der Waals surface area contributed by atoms with E-state index in [-0.39, 0.29) is 11.8 Å². The van der Waals surface area contributed by atoms with Crippen molar-refractivity contribution in [1.82, 2.24) is 14.5 Å². The average molecular weight is 367 g/mol. The van der Waals surface area contributed by atoms with E-state index in [1.165, 1.54) is 4.90 Å². The summed E-state index contributed by atoms with van der Waals surface area (Å²) in [6.45, 7) is 0.781. The van der Waals surface area contributed by atoms with Gasteiger partial charge in [0.1, 0.15) is 5.82 Å². The van der Waals surface area contributed by atoms with Crippen LogP contribution in [0.4, 0.5) is 0 Å². The molecule has 0 radical (unpaired) electrons. The zero-order valence-electron chi connectivity index (χ0n) is 15.1. The van der Waals surface area contributed by atoms with E-state index in [0.717, 1.165) is 22.4 Å². The van der Waals surface area contributed by atoms with Crippen molar-refractivity contribution in [3.63, 3.8) is 0 Å². The number of imide groups is 1. The van der Waals surface area contributed by atoms with Crippen molar-refractivity contribution in [2.24, 2.45) is 0 Å². The summed E-state index contributed by atoms with van der Waals surface area (Å²) in [4.78, 5) is 31.4. The number of hydrogen-bond donors (Lipinski definition) is 0. The van der Waals surface area contributed by atoms with Gasteiger partial charge < -0.3 is 4.57 Å². The number of amides is 2. The van der Waals surface area contributed by atoms with Crippen molar-refractivity contribution in [3.05, 3.63) is 90.0 Å². The topological polar surface area (TPSA) is 55.2 Å². The highest BCUT2D eigenvalue weighted by atomic mass is 16.2. The molecule has 2 heterocycles. The van der Waals surface area contributed by atoms with E-state index < -0.39 is 0 Å². The summed E-state index contributed by atoms with van der Waals surface area (Å²) in [7, 11) is 0. The Morgan fingerprint density at radius 3 is 2.00 bits per heavy atom. The molecule has 2 amide bonds. The van der Waals surface area contributed by atoms with E-state index in [1.807, 2.05) is 54.6 Å². The number of para-hydroxylation sites is 2. The molecule has 5 nitrogen and oxygen atoms in total. The number of carbonyl (C=O) groups is 2. The molecule has 4 aromatic rings. The normalized spacial score (nSPS) is 13.4. The van der Waals surface area contributed by atoms with Crippen molar-refractivity contribution in [1.29, 1.82) is 0 Å². The minimum atomic E-state index is -0.230. The number of carbonyl (C=O) groups excluding carboxylic acids is 2. The Labute approximate surface area is 161 Å². The molecule has 0 saturated heterocycles. The molecule has 0 atom stereocenters. The third-order valence-corrected chi connectivity index (χ3v) is 5.11. The lowest BCUT2D eigenvalue weighted by atomic mass is 10.1. The molecular weight excluding hydrogens is 350 g/mol. The number of benzene rings is 3. The van der Waals surface area contributed by atoms with Crippen LogP contribution in [-0.2, 0) is 6.54 Å². The highest BCUT2D eigenvalue weighted by Gasteiger charge is 2.34. The van der Waals surface area contributed by atoms with E-state index in [2.05, 4.69) is 4.57 Å². The number of rotatable bonds is 4. The van der Waals surface area contributed by atoms with Gasteiger partial charge in [-0.1, -0.05) is 54.6 Å². The SMILES string of the molecule is O=C1c2ccccc2C(=O)N1CCn1c(-c2ccccc2)nc2ccccc21. The minimum Gasteiger partial charge on any atom is -0.322 e. The average Bonchev–Trinajstić information content (AvgIpc) is 3.23. The van der Waals surface area contributed by atoms with Crippen molar-refractivity contribution in [3.8, 4) is 11.4 Å². The lowest BCUT2D eigenvalue weighted by Gasteiger charge is -2.16. The van der Waals surface area contributed by atoms with Gasteiger partial charge in [-0.05, 0) is 24.3 Å². The number of fused-ring (bicyclic) bond motifs is 2. The second-order valence-corrected chi connectivity index (χ2v) is 6.75. The van der Waals surface area contributed by atoms with Crippen LogP contribution < -0.4 is 0 Å². The summed E-state index contributed by atoms with van der Waals surface area (Å²) in [6.07, 6.45) is 0. The zero-order valence-corrected chi connectivity index (χ0v) is 15.1. The Morgan fingerprint density at radius 2 is 1.29 bits per heavy atom. The number of imidazole rings is 1. The molecule has 28 heavy (non-hydrogen) atoms. The fraction of sp³-hybridized carbons (Fsp3) is 0.0870. The first kappa shape index (κ1) is 16.4. The first-order chi connectivity index (χ1) is 13.7. The molecule has 0 aliphatic carbocycles. The molecule has 1 aliphatic rings. The number of nitrogens with zero attached hydrogens (tertiary/aromatic N) is 3. The first-order valence-electron chi connectivity index (χ1n) is 9.20. The molecule has 0 saturated carbocycles. The molecule has 1 aromatic heterocycles. The molecule has 0 fully saturated rings. The van der Waals surface area contributed by atoms with E-state index in [4.69, 9.17) is 4.98 Å². The second-order valence-electron chi connectivity index (χ2n) is 6.75. The number of aromatic nitrogens is 2. The monoisotopic (exact) mass is 367 g/mol. The number of hydrogen-bond acceptors (Lipinski definition) is 3. The van der Waals surface area contributed by atoms with E-state index in [9.17, 15) is 9.59 Å². The summed E-state index contributed by atoms with van der Waals surface area (Å²) in [5.74, 6) is 0.371. The van der Waals surface area contributed by atoms with Gasteiger partial charge in [0, 0.05) is 18.7 Å². The van der Waals surface area contributed by atoms with Crippen LogP contribution in [0.2, 0.25) is 0 Å². The highest BCUT2D eigenvalue weighted by Crippen LogP contribution is 2.26. The largest absolute Gasteiger partial charge is 0.322 e. The molecule has 0 spiro atoms. The van der Waals surface area contributed by atoms with Crippen LogP contribution in [0, 0.1) is 0 Å². The van der Waals surface area contributed by atoms with Gasteiger partial charge >= 0.3 is 0 Å². The van der Waals surface area contributed by atoms with Crippen LogP contribution in [0.25, 0.3) is 22.4 Å². The lowest BCUT2D eigenvalue weighted by molar-refractivity contribution is 0.0649. The second kappa shape index (κ2) is 6.46. The Morgan fingerprint density at radius 1 is 0.679 bits per heavy atom. The molecule has 5 rings (SSSR count). The van der Waals surface area contributed by atoms with Crippen LogP contribution in [0.3, 0.4) is 0 Å². The Bertz CT molecular complexity index is 1180. The first-order valence-corrected chi connectivity index (χ1v) is 9.20. The third kappa shape index (κ3) is 2.52. The smallest absolute Gasteiger partial charge is 0.261 e. The van der Waals surface area contributed by atoms with Gasteiger partial charge in [-0.15, -0.1) is 0 Å². The summed E-state index contributed by atoms with van der Waals surface area (Å²) in [6, 6.07) is 24.8. The standard InChI is InChI=1S/C23H17N3O2/c27-22-17-10-4-5-11-18(17)23(28)26(22)15-14-25-20-13-7-6-12-19(20)24-21(25)16-8-2-1-3-9-16/h1-13H,14-15H2. The Kier molecular flexibility index (Phi) is 3.79. The van der Waals surface area contributed by atoms with Crippen LogP contribution in [-0.4, -0.2) is 32.8 Å². The minimum absolute atomic E-state index is 0.230. The molecule has 3 aromatic carbocycles. The molecule has 1 aliphatic heterocycles. The van der Waals surface area contributed by atoms with Crippen molar-refractivity contribution >= 4 is 22.8 Å². The van der Waals surface area contributed by atoms with Crippen molar-refractivity contribution in [2.45, 2.75) is 6.54 Å². The lowest BCUT2D eigenvalue weighted by Crippen LogP contribution is -2.33. The van der Waals surface area contributed by atoms with Crippen LogP contribution in [0.1, 0.15) is 20.7 Å². The van der Waals surface area contributed by atoms with E-state index in [0.29, 0.717) is 24.2 Å². The van der Waals surface area contributed by atoms with Gasteiger partial charge in [-0.2, -0.15) is 0 Å². The maximum Gasteiger partial charge on any atom is 0.261 e. The summed E-state index contributed by atoms with van der Waals surface area (Å²) in [5.41, 5.74) is 3.83. The highest BCUT2D eigenvalue weighted by molar-refractivity contribution is 6.21. The van der Waals surface area contributed by atoms with E-state index in [1.54, 1.807) is 24.3 Å². The van der Waals surface area contributed by atoms with Gasteiger partial charge in [-0.25, -0.2) is 4.98 Å². The summed E-state index contributed by atoms with van der Waals surface area (Å²) >= 11 is 0. The molecule has 5 heteroatoms. The van der Waals surface area contributed by atoms with Crippen LogP contribution in [0.5, 0.6) is 0 Å². The van der Waals surface area contributed by atoms with Crippen molar-refractivity contribution in [2.75, 3.05) is 6.54 Å². The molecular formula is C23H17N3O2. The van der Waals surface area contributed by atoms with Crippen molar-refractivity contribution < 1.29 is 9.59 Å². The maximum absolute atomic E-state index is 12.7. The molecule has 0 bridgehead atoms. The van der Waals surface area contributed by atoms with Gasteiger partial charge in [0.05, 0.1) is 22.2 Å². The fourth-order valence-electron chi connectivity index (χ4n) is 3.75. The third-order valence-electron chi connectivity index (χ3n) is 5.11. The van der Waals surface area contributed by atoms with Gasteiger partial charge in [0.15, 0.2) is 0 Å². The molecule has 0 unspecified atom stereocenters. The predicted octanol–water partition coefficient (Wildman–Crippen LogP) is 4.00. The molecule has 0 N–H and O–H groups in total. The molecule has 136 valence electrons. The summed E-state index contributed by atoms with van der Waals surface area (Å²) in [5, 5.41) is 0. The fourth-order valence-corrected chi connectivity index (χ4v) is 3.75.